The molecule has 1 atom stereocenters. The average Bonchev–Trinajstić information content (AvgIpc) is 3.12. The van der Waals surface area contributed by atoms with Gasteiger partial charge in [0.25, 0.3) is 0 Å². The van der Waals surface area contributed by atoms with E-state index in [4.69, 9.17) is 21.8 Å². The molecule has 0 amide bonds. The molecule has 6 nitrogen and oxygen atoms in total. The normalized spacial score (nSPS) is 12.7. The second-order valence-corrected chi connectivity index (χ2v) is 6.00. The Hall–Kier alpha value is -2.12. The van der Waals surface area contributed by atoms with Crippen molar-refractivity contribution in [1.29, 1.82) is 0 Å². The maximum atomic E-state index is 15.0. The summed E-state index contributed by atoms with van der Waals surface area (Å²) in [6, 6.07) is 3.44. The van der Waals surface area contributed by atoms with Gasteiger partial charge in [0, 0.05) is 19.0 Å². The van der Waals surface area contributed by atoms with E-state index < -0.39 is 0 Å². The Morgan fingerprint density at radius 1 is 1.46 bits per heavy atom. The highest BCUT2D eigenvalue weighted by atomic mass is 35.5. The fourth-order valence-electron chi connectivity index (χ4n) is 2.77. The molecule has 0 unspecified atom stereocenters. The van der Waals surface area contributed by atoms with Crippen molar-refractivity contribution in [3.63, 3.8) is 0 Å². The Bertz CT molecular complexity index is 844. The molecule has 0 aliphatic heterocycles. The Balaban J connectivity index is 2.09. The van der Waals surface area contributed by atoms with Crippen LogP contribution in [0.15, 0.2) is 22.8 Å². The summed E-state index contributed by atoms with van der Waals surface area (Å²) in [6.07, 6.45) is 1.99. The minimum Gasteiger partial charge on any atom is -0.467 e. The van der Waals surface area contributed by atoms with Crippen LogP contribution in [0, 0.1) is 5.82 Å². The van der Waals surface area contributed by atoms with Crippen LogP contribution in [0.25, 0.3) is 11.0 Å². The fourth-order valence-corrected chi connectivity index (χ4v) is 2.93. The summed E-state index contributed by atoms with van der Waals surface area (Å²) in [5.41, 5.74) is 6.84. The number of aromatic nitrogens is 3. The van der Waals surface area contributed by atoms with Gasteiger partial charge in [-0.25, -0.2) is 4.39 Å². The van der Waals surface area contributed by atoms with E-state index in [0.29, 0.717) is 47.8 Å². The smallest absolute Gasteiger partial charge is 0.226 e. The van der Waals surface area contributed by atoms with Crippen LogP contribution < -0.4 is 11.1 Å². The zero-order valence-electron chi connectivity index (χ0n) is 13.5. The van der Waals surface area contributed by atoms with Gasteiger partial charge in [-0.3, -0.25) is 0 Å². The van der Waals surface area contributed by atoms with Crippen LogP contribution in [0.5, 0.6) is 0 Å². The maximum Gasteiger partial charge on any atom is 0.226 e. The Labute approximate surface area is 143 Å². The van der Waals surface area contributed by atoms with Crippen molar-refractivity contribution in [3.05, 3.63) is 41.0 Å². The molecular weight excluding hydrogens is 333 g/mol. The van der Waals surface area contributed by atoms with E-state index in [1.54, 1.807) is 16.9 Å². The van der Waals surface area contributed by atoms with E-state index in [0.717, 1.165) is 0 Å². The number of nitrogens with one attached hydrogen (secondary N) is 1. The lowest BCUT2D eigenvalue weighted by Gasteiger charge is -2.09. The van der Waals surface area contributed by atoms with Crippen molar-refractivity contribution in [2.75, 3.05) is 5.32 Å². The molecule has 3 N–H and O–H groups in total. The molecule has 0 aliphatic rings. The minimum atomic E-state index is -0.359. The Kier molecular flexibility index (Phi) is 4.73. The first kappa shape index (κ1) is 16.7. The Morgan fingerprint density at radius 3 is 2.88 bits per heavy atom. The summed E-state index contributed by atoms with van der Waals surface area (Å²) < 4.78 is 22.1. The van der Waals surface area contributed by atoms with Crippen molar-refractivity contribution in [1.82, 2.24) is 14.5 Å². The van der Waals surface area contributed by atoms with E-state index in [1.807, 2.05) is 19.9 Å². The summed E-state index contributed by atoms with van der Waals surface area (Å²) >= 11 is 6.03. The fraction of sp³-hybridized carbons (Fsp3) is 0.375. The number of anilines is 1. The summed E-state index contributed by atoms with van der Waals surface area (Å²) in [4.78, 5) is 8.36. The molecule has 3 heterocycles. The third-order valence-electron chi connectivity index (χ3n) is 3.76. The van der Waals surface area contributed by atoms with E-state index in [9.17, 15) is 0 Å². The van der Waals surface area contributed by atoms with E-state index in [2.05, 4.69) is 15.3 Å². The second kappa shape index (κ2) is 6.78. The molecule has 0 saturated heterocycles. The molecule has 128 valence electrons. The van der Waals surface area contributed by atoms with Gasteiger partial charge in [-0.2, -0.15) is 9.97 Å². The largest absolute Gasteiger partial charge is 0.467 e. The average molecular weight is 352 g/mol. The minimum absolute atomic E-state index is 0.0593. The highest BCUT2D eigenvalue weighted by molar-refractivity contribution is 6.28. The molecule has 24 heavy (non-hydrogen) atoms. The van der Waals surface area contributed by atoms with Gasteiger partial charge in [0.05, 0.1) is 23.9 Å². The predicted molar refractivity (Wildman–Crippen MR) is 91.6 cm³/mol. The third kappa shape index (κ3) is 3.09. The van der Waals surface area contributed by atoms with Crippen LogP contribution in [0.1, 0.15) is 25.3 Å². The number of rotatable bonds is 6. The number of halogens is 2. The van der Waals surface area contributed by atoms with E-state index >= 15 is 4.39 Å². The van der Waals surface area contributed by atoms with Crippen molar-refractivity contribution < 1.29 is 8.81 Å². The molecule has 3 rings (SSSR count). The summed E-state index contributed by atoms with van der Waals surface area (Å²) in [5, 5.41) is 3.46. The Morgan fingerprint density at radius 2 is 2.25 bits per heavy atom. The first-order valence-corrected chi connectivity index (χ1v) is 8.15. The number of aryl methyl sites for hydroxylation is 1. The number of hydrogen-bond acceptors (Lipinski definition) is 5. The van der Waals surface area contributed by atoms with Crippen molar-refractivity contribution in [2.24, 2.45) is 5.73 Å². The quantitative estimate of drug-likeness (QED) is 0.665. The van der Waals surface area contributed by atoms with Gasteiger partial charge in [-0.15, -0.1) is 0 Å². The number of nitrogens with two attached hydrogens (primary N) is 1. The second-order valence-electron chi connectivity index (χ2n) is 5.66. The molecule has 0 aromatic carbocycles. The highest BCUT2D eigenvalue weighted by Gasteiger charge is 2.23. The zero-order valence-corrected chi connectivity index (χ0v) is 14.3. The van der Waals surface area contributed by atoms with Crippen molar-refractivity contribution in [2.45, 2.75) is 39.4 Å². The monoisotopic (exact) mass is 351 g/mol. The lowest BCUT2D eigenvalue weighted by atomic mass is 10.2. The van der Waals surface area contributed by atoms with E-state index in [-0.39, 0.29) is 17.1 Å². The maximum absolute atomic E-state index is 15.0. The van der Waals surface area contributed by atoms with Gasteiger partial charge in [-0.05, 0) is 37.6 Å². The van der Waals surface area contributed by atoms with Crippen LogP contribution in [-0.4, -0.2) is 20.6 Å². The summed E-state index contributed by atoms with van der Waals surface area (Å²) in [7, 11) is 0. The van der Waals surface area contributed by atoms with Crippen LogP contribution >= 0.6 is 11.6 Å². The number of hydrogen-bond donors (Lipinski definition) is 2. The van der Waals surface area contributed by atoms with Crippen LogP contribution in [0.3, 0.4) is 0 Å². The molecule has 0 fully saturated rings. The van der Waals surface area contributed by atoms with Crippen molar-refractivity contribution in [3.8, 4) is 0 Å². The molecule has 0 spiro atoms. The lowest BCUT2D eigenvalue weighted by Crippen LogP contribution is -2.20. The lowest BCUT2D eigenvalue weighted by molar-refractivity contribution is 0.518. The molecule has 0 saturated carbocycles. The number of fused-ring (bicyclic) bond motifs is 1. The summed E-state index contributed by atoms with van der Waals surface area (Å²) in [6.45, 7) is 4.70. The van der Waals surface area contributed by atoms with Crippen LogP contribution in [0.2, 0.25) is 5.28 Å². The SMILES string of the molecule is CCn1c(C[C@H](C)N)c(F)c2c(NCc3ccco3)nc(Cl)nc21. The molecule has 0 aliphatic carbocycles. The molecule has 0 bridgehead atoms. The topological polar surface area (TPSA) is 81.9 Å². The first-order valence-electron chi connectivity index (χ1n) is 7.77. The number of furan rings is 1. The zero-order chi connectivity index (χ0) is 17.3. The molecule has 0 radical (unpaired) electrons. The van der Waals surface area contributed by atoms with E-state index in [1.165, 1.54) is 0 Å². The van der Waals surface area contributed by atoms with Crippen LogP contribution in [0.4, 0.5) is 10.2 Å². The van der Waals surface area contributed by atoms with Gasteiger partial charge in [0.15, 0.2) is 5.82 Å². The number of nitrogens with zero attached hydrogens (tertiary/aromatic N) is 3. The summed E-state index contributed by atoms with van der Waals surface area (Å²) in [5.74, 6) is 0.698. The third-order valence-corrected chi connectivity index (χ3v) is 3.93. The molecule has 8 heteroatoms. The van der Waals surface area contributed by atoms with Gasteiger partial charge < -0.3 is 20.0 Å². The van der Waals surface area contributed by atoms with Gasteiger partial charge >= 0.3 is 0 Å². The van der Waals surface area contributed by atoms with Gasteiger partial charge in [0.1, 0.15) is 17.2 Å². The molecular formula is C16H19ClFN5O. The van der Waals surface area contributed by atoms with Gasteiger partial charge in [0.2, 0.25) is 5.28 Å². The molecule has 3 aromatic rings. The standard InChI is InChI=1S/C16H19ClFN5O/c1-3-23-11(7-9(2)19)13(18)12-14(21-16(17)22-15(12)23)20-8-10-5-4-6-24-10/h4-6,9H,3,7-8,19H2,1-2H3,(H,20,21,22)/t9-/m0/s1. The highest BCUT2D eigenvalue weighted by Crippen LogP contribution is 2.31. The van der Waals surface area contributed by atoms with Gasteiger partial charge in [-0.1, -0.05) is 0 Å². The predicted octanol–water partition coefficient (Wildman–Crippen LogP) is 3.34. The first-order chi connectivity index (χ1) is 11.5. The molecule has 3 aromatic heterocycles. The van der Waals surface area contributed by atoms with Crippen molar-refractivity contribution >= 4 is 28.5 Å². The van der Waals surface area contributed by atoms with Crippen LogP contribution in [-0.2, 0) is 19.5 Å².